The van der Waals surface area contributed by atoms with Crippen molar-refractivity contribution < 1.29 is 9.18 Å². The lowest BCUT2D eigenvalue weighted by molar-refractivity contribution is -0.115. The van der Waals surface area contributed by atoms with E-state index in [4.69, 9.17) is 23.2 Å². The molecule has 0 aliphatic carbocycles. The lowest BCUT2D eigenvalue weighted by Gasteiger charge is -2.06. The van der Waals surface area contributed by atoms with E-state index in [9.17, 15) is 9.18 Å². The van der Waals surface area contributed by atoms with E-state index in [2.05, 4.69) is 5.32 Å². The van der Waals surface area contributed by atoms with Crippen LogP contribution in [0.1, 0.15) is 5.56 Å². The van der Waals surface area contributed by atoms with E-state index in [0.29, 0.717) is 10.7 Å². The fourth-order valence-corrected chi connectivity index (χ4v) is 2.00. The number of hydrogen-bond acceptors (Lipinski definition) is 1. The molecule has 98 valence electrons. The predicted octanol–water partition coefficient (Wildman–Crippen LogP) is 4.31. The van der Waals surface area contributed by atoms with Crippen molar-refractivity contribution in [3.8, 4) is 0 Å². The first-order valence-corrected chi connectivity index (χ1v) is 6.29. The van der Waals surface area contributed by atoms with Gasteiger partial charge in [0.1, 0.15) is 5.82 Å². The average molecular weight is 298 g/mol. The summed E-state index contributed by atoms with van der Waals surface area (Å²) in [6, 6.07) is 11.1. The second-order valence-corrected chi connectivity index (χ2v) is 4.83. The van der Waals surface area contributed by atoms with Gasteiger partial charge < -0.3 is 5.32 Å². The summed E-state index contributed by atoms with van der Waals surface area (Å²) in [6.45, 7) is 0. The molecule has 0 spiro atoms. The van der Waals surface area contributed by atoms with Crippen molar-refractivity contribution >= 4 is 34.8 Å². The Kier molecular flexibility index (Phi) is 4.40. The highest BCUT2D eigenvalue weighted by Gasteiger charge is 2.06. The van der Waals surface area contributed by atoms with Crippen LogP contribution in [0.3, 0.4) is 0 Å². The van der Waals surface area contributed by atoms with Gasteiger partial charge in [-0.05, 0) is 35.9 Å². The zero-order chi connectivity index (χ0) is 13.8. The van der Waals surface area contributed by atoms with Gasteiger partial charge in [-0.1, -0.05) is 35.3 Å². The van der Waals surface area contributed by atoms with Crippen LogP contribution < -0.4 is 5.32 Å². The molecule has 0 aliphatic rings. The fraction of sp³-hybridized carbons (Fsp3) is 0.0714. The highest BCUT2D eigenvalue weighted by molar-refractivity contribution is 6.31. The molecule has 5 heteroatoms. The summed E-state index contributed by atoms with van der Waals surface area (Å²) >= 11 is 11.5. The Balaban J connectivity index is 2.03. The van der Waals surface area contributed by atoms with E-state index in [1.165, 1.54) is 18.2 Å². The van der Waals surface area contributed by atoms with Crippen LogP contribution in [0.2, 0.25) is 10.0 Å². The van der Waals surface area contributed by atoms with Crippen molar-refractivity contribution in [2.45, 2.75) is 6.42 Å². The lowest BCUT2D eigenvalue weighted by atomic mass is 10.1. The molecule has 0 aliphatic heterocycles. The van der Waals surface area contributed by atoms with E-state index in [1.807, 2.05) is 6.07 Å². The van der Waals surface area contributed by atoms with Gasteiger partial charge in [-0.15, -0.1) is 0 Å². The molecule has 0 unspecified atom stereocenters. The van der Waals surface area contributed by atoms with Crippen molar-refractivity contribution in [3.63, 3.8) is 0 Å². The summed E-state index contributed by atoms with van der Waals surface area (Å²) in [6.07, 6.45) is 0.190. The van der Waals surface area contributed by atoms with Gasteiger partial charge in [0.2, 0.25) is 5.91 Å². The van der Waals surface area contributed by atoms with E-state index in [-0.39, 0.29) is 17.4 Å². The molecule has 2 aromatic carbocycles. The van der Waals surface area contributed by atoms with Crippen LogP contribution in [0.15, 0.2) is 42.5 Å². The lowest BCUT2D eigenvalue weighted by Crippen LogP contribution is -2.14. The molecule has 1 N–H and O–H groups in total. The second-order valence-electron chi connectivity index (χ2n) is 3.98. The van der Waals surface area contributed by atoms with Gasteiger partial charge in [-0.2, -0.15) is 0 Å². The average Bonchev–Trinajstić information content (AvgIpc) is 2.34. The molecule has 0 saturated carbocycles. The standard InChI is InChI=1S/C14H10Cl2FNO/c15-10-3-1-2-9(6-10)7-14(19)18-11-4-5-13(17)12(16)8-11/h1-6,8H,7H2,(H,18,19). The molecule has 2 aromatic rings. The fourth-order valence-electron chi connectivity index (χ4n) is 1.61. The van der Waals surface area contributed by atoms with Gasteiger partial charge in [0.25, 0.3) is 0 Å². The largest absolute Gasteiger partial charge is 0.326 e. The minimum absolute atomic E-state index is 0.0273. The Morgan fingerprint density at radius 1 is 1.16 bits per heavy atom. The molecule has 0 heterocycles. The number of amides is 1. The molecule has 0 bridgehead atoms. The molecule has 0 atom stereocenters. The van der Waals surface area contributed by atoms with Crippen LogP contribution in [0.4, 0.5) is 10.1 Å². The number of nitrogens with one attached hydrogen (secondary N) is 1. The Bertz CT molecular complexity index is 616. The molecule has 0 radical (unpaired) electrons. The van der Waals surface area contributed by atoms with E-state index in [0.717, 1.165) is 5.56 Å². The number of carbonyl (C=O) groups excluding carboxylic acids is 1. The number of benzene rings is 2. The minimum atomic E-state index is -0.519. The SMILES string of the molecule is O=C(Cc1cccc(Cl)c1)Nc1ccc(F)c(Cl)c1. The van der Waals surface area contributed by atoms with Gasteiger partial charge in [-0.3, -0.25) is 4.79 Å². The summed E-state index contributed by atoms with van der Waals surface area (Å²) in [7, 11) is 0. The Hall–Kier alpha value is -1.58. The van der Waals surface area contributed by atoms with E-state index >= 15 is 0 Å². The van der Waals surface area contributed by atoms with Crippen molar-refractivity contribution in [1.82, 2.24) is 0 Å². The minimum Gasteiger partial charge on any atom is -0.326 e. The van der Waals surface area contributed by atoms with Crippen molar-refractivity contribution in [2.24, 2.45) is 0 Å². The summed E-state index contributed by atoms with van der Waals surface area (Å²) in [4.78, 5) is 11.8. The molecular formula is C14H10Cl2FNO. The molecule has 0 aromatic heterocycles. The van der Waals surface area contributed by atoms with Crippen LogP contribution >= 0.6 is 23.2 Å². The first kappa shape index (κ1) is 13.8. The van der Waals surface area contributed by atoms with Crippen LogP contribution in [0, 0.1) is 5.82 Å². The molecule has 19 heavy (non-hydrogen) atoms. The third kappa shape index (κ3) is 3.94. The van der Waals surface area contributed by atoms with Gasteiger partial charge in [0, 0.05) is 10.7 Å². The molecule has 1 amide bonds. The van der Waals surface area contributed by atoms with Crippen molar-refractivity contribution in [1.29, 1.82) is 0 Å². The number of carbonyl (C=O) groups is 1. The highest BCUT2D eigenvalue weighted by atomic mass is 35.5. The number of anilines is 1. The zero-order valence-electron chi connectivity index (χ0n) is 9.79. The first-order chi connectivity index (χ1) is 9.04. The smallest absolute Gasteiger partial charge is 0.228 e. The van der Waals surface area contributed by atoms with Gasteiger partial charge in [0.15, 0.2) is 0 Å². The molecule has 0 fully saturated rings. The zero-order valence-corrected chi connectivity index (χ0v) is 11.3. The maximum Gasteiger partial charge on any atom is 0.228 e. The number of halogens is 3. The Labute approximate surface area is 120 Å². The van der Waals surface area contributed by atoms with Crippen LogP contribution in [-0.2, 0) is 11.2 Å². The molecular weight excluding hydrogens is 288 g/mol. The van der Waals surface area contributed by atoms with E-state index in [1.54, 1.807) is 18.2 Å². The summed E-state index contributed by atoms with van der Waals surface area (Å²) in [5, 5.41) is 3.20. The maximum absolute atomic E-state index is 13.0. The quantitative estimate of drug-likeness (QED) is 0.898. The Morgan fingerprint density at radius 3 is 2.63 bits per heavy atom. The monoisotopic (exact) mass is 297 g/mol. The van der Waals surface area contributed by atoms with Gasteiger partial charge in [0.05, 0.1) is 11.4 Å². The molecule has 2 nitrogen and oxygen atoms in total. The molecule has 2 rings (SSSR count). The van der Waals surface area contributed by atoms with Crippen LogP contribution in [0.5, 0.6) is 0 Å². The van der Waals surface area contributed by atoms with E-state index < -0.39 is 5.82 Å². The van der Waals surface area contributed by atoms with Gasteiger partial charge in [-0.25, -0.2) is 4.39 Å². The first-order valence-electron chi connectivity index (χ1n) is 5.54. The highest BCUT2D eigenvalue weighted by Crippen LogP contribution is 2.19. The third-order valence-corrected chi connectivity index (χ3v) is 2.98. The van der Waals surface area contributed by atoms with Crippen LogP contribution in [-0.4, -0.2) is 5.91 Å². The summed E-state index contributed by atoms with van der Waals surface area (Å²) in [5.74, 6) is -0.737. The normalized spacial score (nSPS) is 10.3. The van der Waals surface area contributed by atoms with Crippen molar-refractivity contribution in [3.05, 3.63) is 63.9 Å². The topological polar surface area (TPSA) is 29.1 Å². The third-order valence-electron chi connectivity index (χ3n) is 2.46. The van der Waals surface area contributed by atoms with Gasteiger partial charge >= 0.3 is 0 Å². The summed E-state index contributed by atoms with van der Waals surface area (Å²) in [5.41, 5.74) is 1.26. The summed E-state index contributed by atoms with van der Waals surface area (Å²) < 4.78 is 13.0. The van der Waals surface area contributed by atoms with Crippen LogP contribution in [0.25, 0.3) is 0 Å². The van der Waals surface area contributed by atoms with Crippen molar-refractivity contribution in [2.75, 3.05) is 5.32 Å². The number of hydrogen-bond donors (Lipinski definition) is 1. The maximum atomic E-state index is 13.0. The molecule has 0 saturated heterocycles. The number of rotatable bonds is 3. The Morgan fingerprint density at radius 2 is 1.95 bits per heavy atom. The predicted molar refractivity (Wildman–Crippen MR) is 75.2 cm³/mol. The second kappa shape index (κ2) is 6.04.